The Labute approximate surface area is 247 Å². The number of hydrogen-bond donors (Lipinski definition) is 7. The van der Waals surface area contributed by atoms with Crippen molar-refractivity contribution in [2.75, 3.05) is 0 Å². The summed E-state index contributed by atoms with van der Waals surface area (Å²) in [5, 5.41) is 17.8. The Bertz CT molecular complexity index is 1460. The van der Waals surface area contributed by atoms with Crippen LogP contribution < -0.4 is 21.7 Å². The molecule has 3 amide bonds. The van der Waals surface area contributed by atoms with Crippen LogP contribution in [0.3, 0.4) is 0 Å². The lowest BCUT2D eigenvalue weighted by molar-refractivity contribution is -0.142. The SMILES string of the molecule is NC(Cc1cnc[nH]1)C(=O)NC(Cc1ccccc1)C(=O)NC(Cc1ccccc1)C(=O)NC(Cc1cnc[nH]1)C(=O)O. The van der Waals surface area contributed by atoms with E-state index in [1.54, 1.807) is 30.5 Å². The average molecular weight is 587 g/mol. The van der Waals surface area contributed by atoms with Gasteiger partial charge in [-0.1, -0.05) is 60.7 Å². The number of nitrogens with two attached hydrogens (primary N) is 1. The minimum atomic E-state index is -1.27. The molecule has 2 aromatic carbocycles. The lowest BCUT2D eigenvalue weighted by atomic mass is 10.0. The molecule has 0 aliphatic heterocycles. The highest BCUT2D eigenvalue weighted by atomic mass is 16.4. The number of carboxylic acid groups (broad SMARTS) is 1. The molecule has 43 heavy (non-hydrogen) atoms. The first-order chi connectivity index (χ1) is 20.8. The Morgan fingerprint density at radius 1 is 0.651 bits per heavy atom. The van der Waals surface area contributed by atoms with Crippen LogP contribution in [0.5, 0.6) is 0 Å². The van der Waals surface area contributed by atoms with E-state index in [-0.39, 0.29) is 25.7 Å². The lowest BCUT2D eigenvalue weighted by Gasteiger charge is -2.25. The van der Waals surface area contributed by atoms with E-state index in [1.807, 2.05) is 36.4 Å². The normalized spacial score (nSPS) is 13.7. The molecule has 2 heterocycles. The van der Waals surface area contributed by atoms with Crippen LogP contribution in [0.4, 0.5) is 0 Å². The first-order valence-corrected chi connectivity index (χ1v) is 13.7. The van der Waals surface area contributed by atoms with Crippen molar-refractivity contribution < 1.29 is 24.3 Å². The molecule has 8 N–H and O–H groups in total. The van der Waals surface area contributed by atoms with E-state index in [9.17, 15) is 24.3 Å². The number of carbonyl (C=O) groups is 4. The van der Waals surface area contributed by atoms with Gasteiger partial charge in [0, 0.05) is 49.5 Å². The number of carbonyl (C=O) groups excluding carboxylic acids is 3. The standard InChI is InChI=1S/C30H34N8O5/c31-23(13-21-15-32-17-34-21)27(39)36-24(11-19-7-3-1-4-8-19)28(40)37-25(12-20-9-5-2-6-10-20)29(41)38-26(30(42)43)14-22-16-33-18-35-22/h1-10,15-18,23-26H,11-14,31H2,(H,32,34)(H,33,35)(H,36,39)(H,37,40)(H,38,41)(H,42,43). The highest BCUT2D eigenvalue weighted by Gasteiger charge is 2.31. The number of carboxylic acids is 1. The summed E-state index contributed by atoms with van der Waals surface area (Å²) in [6, 6.07) is 13.6. The fraction of sp³-hybridized carbons (Fsp3) is 0.267. The highest BCUT2D eigenvalue weighted by molar-refractivity contribution is 5.94. The van der Waals surface area contributed by atoms with Crippen LogP contribution in [0.25, 0.3) is 0 Å². The molecule has 0 aliphatic carbocycles. The first kappa shape index (κ1) is 30.7. The molecule has 0 aliphatic rings. The molecule has 13 nitrogen and oxygen atoms in total. The van der Waals surface area contributed by atoms with Crippen molar-refractivity contribution in [2.24, 2.45) is 5.73 Å². The van der Waals surface area contributed by atoms with E-state index in [1.165, 1.54) is 18.9 Å². The zero-order valence-electron chi connectivity index (χ0n) is 23.3. The predicted molar refractivity (Wildman–Crippen MR) is 156 cm³/mol. The molecule has 13 heteroatoms. The van der Waals surface area contributed by atoms with Crippen LogP contribution in [0, 0.1) is 0 Å². The Hall–Kier alpha value is -5.30. The summed E-state index contributed by atoms with van der Waals surface area (Å²) < 4.78 is 0. The number of aliphatic carboxylic acids is 1. The molecule has 0 spiro atoms. The number of benzene rings is 2. The van der Waals surface area contributed by atoms with Crippen molar-refractivity contribution in [1.82, 2.24) is 35.9 Å². The summed E-state index contributed by atoms with van der Waals surface area (Å²) in [7, 11) is 0. The van der Waals surface area contributed by atoms with Gasteiger partial charge in [0.1, 0.15) is 18.1 Å². The molecule has 0 radical (unpaired) electrons. The van der Waals surface area contributed by atoms with Crippen LogP contribution in [0.1, 0.15) is 22.5 Å². The lowest BCUT2D eigenvalue weighted by Crippen LogP contribution is -2.58. The van der Waals surface area contributed by atoms with Gasteiger partial charge in [0.2, 0.25) is 17.7 Å². The van der Waals surface area contributed by atoms with Gasteiger partial charge in [0.05, 0.1) is 18.7 Å². The molecule has 0 saturated heterocycles. The van der Waals surface area contributed by atoms with Crippen molar-refractivity contribution in [2.45, 2.75) is 49.9 Å². The van der Waals surface area contributed by atoms with Crippen LogP contribution in [-0.2, 0) is 44.9 Å². The number of nitrogens with one attached hydrogen (secondary N) is 5. The van der Waals surface area contributed by atoms with Gasteiger partial charge in [-0.2, -0.15) is 0 Å². The van der Waals surface area contributed by atoms with Crippen molar-refractivity contribution >= 4 is 23.7 Å². The second kappa shape index (κ2) is 15.1. The van der Waals surface area contributed by atoms with Gasteiger partial charge in [0.25, 0.3) is 0 Å². The summed E-state index contributed by atoms with van der Waals surface area (Å²) in [5.74, 6) is -3.11. The Balaban J connectivity index is 1.53. The van der Waals surface area contributed by atoms with Crippen LogP contribution in [-0.4, -0.2) is 72.9 Å². The Kier molecular flexibility index (Phi) is 10.7. The van der Waals surface area contributed by atoms with Crippen LogP contribution in [0.15, 0.2) is 85.7 Å². The van der Waals surface area contributed by atoms with Crippen molar-refractivity contribution in [3.8, 4) is 0 Å². The van der Waals surface area contributed by atoms with Gasteiger partial charge in [-0.25, -0.2) is 14.8 Å². The molecule has 2 aromatic heterocycles. The summed E-state index contributed by atoms with van der Waals surface area (Å²) in [6.45, 7) is 0. The number of nitrogens with zero attached hydrogens (tertiary/aromatic N) is 2. The largest absolute Gasteiger partial charge is 0.480 e. The number of H-pyrrole nitrogens is 2. The summed E-state index contributed by atoms with van der Waals surface area (Å²) in [5.41, 5.74) is 8.83. The van der Waals surface area contributed by atoms with Gasteiger partial charge < -0.3 is 36.8 Å². The van der Waals surface area contributed by atoms with Crippen molar-refractivity contribution in [1.29, 1.82) is 0 Å². The number of amides is 3. The van der Waals surface area contributed by atoms with E-state index in [0.29, 0.717) is 11.4 Å². The monoisotopic (exact) mass is 586 g/mol. The summed E-state index contributed by atoms with van der Waals surface area (Å²) in [6.07, 6.45) is 6.28. The molecule has 4 atom stereocenters. The number of rotatable bonds is 15. The zero-order chi connectivity index (χ0) is 30.6. The van der Waals surface area contributed by atoms with Gasteiger partial charge in [0.15, 0.2) is 0 Å². The maximum absolute atomic E-state index is 13.7. The van der Waals surface area contributed by atoms with E-state index < -0.39 is 47.9 Å². The molecule has 0 bridgehead atoms. The average Bonchev–Trinajstić information content (AvgIpc) is 3.72. The van der Waals surface area contributed by atoms with E-state index in [0.717, 1.165) is 11.1 Å². The Morgan fingerprint density at radius 2 is 1.09 bits per heavy atom. The number of aromatic amines is 2. The van der Waals surface area contributed by atoms with Gasteiger partial charge in [-0.3, -0.25) is 14.4 Å². The fourth-order valence-corrected chi connectivity index (χ4v) is 4.48. The molecular weight excluding hydrogens is 552 g/mol. The van der Waals surface area contributed by atoms with E-state index >= 15 is 0 Å². The predicted octanol–water partition coefficient (Wildman–Crippen LogP) is 0.270. The molecule has 224 valence electrons. The second-order valence-corrected chi connectivity index (χ2v) is 10.1. The Morgan fingerprint density at radius 3 is 1.53 bits per heavy atom. The second-order valence-electron chi connectivity index (χ2n) is 10.1. The topological polar surface area (TPSA) is 208 Å². The smallest absolute Gasteiger partial charge is 0.326 e. The van der Waals surface area contributed by atoms with Crippen LogP contribution >= 0.6 is 0 Å². The van der Waals surface area contributed by atoms with Crippen molar-refractivity contribution in [3.05, 3.63) is 108 Å². The molecule has 0 saturated carbocycles. The molecule has 4 rings (SSSR count). The van der Waals surface area contributed by atoms with E-state index in [2.05, 4.69) is 35.9 Å². The molecular formula is C30H34N8O5. The van der Waals surface area contributed by atoms with Gasteiger partial charge in [-0.15, -0.1) is 0 Å². The number of hydrogen-bond acceptors (Lipinski definition) is 7. The summed E-state index contributed by atoms with van der Waals surface area (Å²) in [4.78, 5) is 65.8. The van der Waals surface area contributed by atoms with Crippen molar-refractivity contribution in [3.63, 3.8) is 0 Å². The third-order valence-electron chi connectivity index (χ3n) is 6.76. The third-order valence-corrected chi connectivity index (χ3v) is 6.76. The minimum Gasteiger partial charge on any atom is -0.480 e. The zero-order valence-corrected chi connectivity index (χ0v) is 23.3. The summed E-state index contributed by atoms with van der Waals surface area (Å²) >= 11 is 0. The maximum Gasteiger partial charge on any atom is 0.326 e. The minimum absolute atomic E-state index is 0.0337. The first-order valence-electron chi connectivity index (χ1n) is 13.7. The van der Waals surface area contributed by atoms with Gasteiger partial charge >= 0.3 is 5.97 Å². The maximum atomic E-state index is 13.7. The molecule has 4 unspecified atom stereocenters. The number of imidazole rings is 2. The van der Waals surface area contributed by atoms with Gasteiger partial charge in [-0.05, 0) is 11.1 Å². The third kappa shape index (κ3) is 9.36. The highest BCUT2D eigenvalue weighted by Crippen LogP contribution is 2.09. The quantitative estimate of drug-likeness (QED) is 0.103. The van der Waals surface area contributed by atoms with E-state index in [4.69, 9.17) is 5.73 Å². The molecule has 4 aromatic rings. The number of aromatic nitrogens is 4. The molecule has 0 fully saturated rings. The van der Waals surface area contributed by atoms with Crippen LogP contribution in [0.2, 0.25) is 0 Å². The fourth-order valence-electron chi connectivity index (χ4n) is 4.48.